The van der Waals surface area contributed by atoms with Gasteiger partial charge in [0.05, 0.1) is 12.2 Å². The van der Waals surface area contributed by atoms with Crippen molar-refractivity contribution in [2.45, 2.75) is 42.9 Å². The SMILES string of the molecule is O=C1O[C@H](C(O)COC(=O)c2cccnc2)C(O)=C1O[C@H]1O[C@H](CO)[C@@H](O)[C@H](O)[C@H]1O. The third-order valence-electron chi connectivity index (χ3n) is 4.64. The number of carbonyl (C=O) groups excluding carboxylic acids is 2. The quantitative estimate of drug-likeness (QED) is 0.234. The molecule has 6 N–H and O–H groups in total. The number of pyridine rings is 1. The minimum Gasteiger partial charge on any atom is -0.505 e. The van der Waals surface area contributed by atoms with Crippen LogP contribution in [0.15, 0.2) is 36.0 Å². The van der Waals surface area contributed by atoms with Crippen molar-refractivity contribution in [3.8, 4) is 0 Å². The van der Waals surface area contributed by atoms with Crippen LogP contribution in [0.4, 0.5) is 0 Å². The Morgan fingerprint density at radius 3 is 2.61 bits per heavy atom. The molecule has 2 aliphatic heterocycles. The Kier molecular flexibility index (Phi) is 7.04. The minimum absolute atomic E-state index is 0.115. The standard InChI is InChI=1S/C18H21NO12/c20-5-9-10(22)11(23)12(24)18(29-9)31-15-13(25)14(30-17(15)27)8(21)6-28-16(26)7-2-1-3-19-4-7/h1-4,8-12,14,18,20-25H,5-6H2/t8?,9-,10-,11+,12-,14-,18-/m1/s1. The van der Waals surface area contributed by atoms with Crippen LogP contribution in [0.5, 0.6) is 0 Å². The molecular weight excluding hydrogens is 422 g/mol. The predicted molar refractivity (Wildman–Crippen MR) is 94.9 cm³/mol. The van der Waals surface area contributed by atoms with Crippen LogP contribution in [-0.2, 0) is 23.7 Å². The summed E-state index contributed by atoms with van der Waals surface area (Å²) in [5, 5.41) is 59.1. The lowest BCUT2D eigenvalue weighted by atomic mass is 9.99. The number of ether oxygens (including phenoxy) is 4. The molecule has 7 atom stereocenters. The molecule has 3 heterocycles. The number of hydrogen-bond acceptors (Lipinski definition) is 13. The maximum absolute atomic E-state index is 12.0. The molecule has 0 aromatic carbocycles. The van der Waals surface area contributed by atoms with Crippen LogP contribution in [0.3, 0.4) is 0 Å². The molecule has 0 aliphatic carbocycles. The van der Waals surface area contributed by atoms with Crippen molar-refractivity contribution >= 4 is 11.9 Å². The van der Waals surface area contributed by atoms with Crippen LogP contribution in [0.25, 0.3) is 0 Å². The van der Waals surface area contributed by atoms with Crippen molar-refractivity contribution < 1.29 is 59.2 Å². The molecule has 13 heteroatoms. The average Bonchev–Trinajstić information content (AvgIpc) is 3.06. The van der Waals surface area contributed by atoms with E-state index in [1.54, 1.807) is 0 Å². The van der Waals surface area contributed by atoms with Gasteiger partial charge in [-0.05, 0) is 12.1 Å². The number of aliphatic hydroxyl groups excluding tert-OH is 6. The summed E-state index contributed by atoms with van der Waals surface area (Å²) >= 11 is 0. The normalized spacial score (nSPS) is 31.8. The molecule has 0 saturated carbocycles. The summed E-state index contributed by atoms with van der Waals surface area (Å²) in [5.74, 6) is -3.73. The van der Waals surface area contributed by atoms with Gasteiger partial charge < -0.3 is 49.6 Å². The fourth-order valence-corrected chi connectivity index (χ4v) is 2.92. The number of aliphatic hydroxyl groups is 6. The van der Waals surface area contributed by atoms with Crippen LogP contribution < -0.4 is 0 Å². The molecule has 170 valence electrons. The van der Waals surface area contributed by atoms with Gasteiger partial charge in [-0.1, -0.05) is 0 Å². The van der Waals surface area contributed by atoms with E-state index in [9.17, 15) is 40.2 Å². The van der Waals surface area contributed by atoms with Crippen molar-refractivity contribution in [3.05, 3.63) is 41.6 Å². The van der Waals surface area contributed by atoms with E-state index in [1.165, 1.54) is 24.5 Å². The van der Waals surface area contributed by atoms with Gasteiger partial charge in [0.2, 0.25) is 12.0 Å². The predicted octanol–water partition coefficient (Wildman–Crippen LogP) is -2.89. The number of hydrogen-bond donors (Lipinski definition) is 6. The highest BCUT2D eigenvalue weighted by atomic mass is 16.7. The van der Waals surface area contributed by atoms with Crippen LogP contribution >= 0.6 is 0 Å². The molecule has 1 unspecified atom stereocenters. The van der Waals surface area contributed by atoms with Crippen molar-refractivity contribution in [3.63, 3.8) is 0 Å². The van der Waals surface area contributed by atoms with Crippen molar-refractivity contribution in [1.29, 1.82) is 0 Å². The maximum atomic E-state index is 12.0. The molecule has 3 rings (SSSR count). The Bertz CT molecular complexity index is 828. The Morgan fingerprint density at radius 1 is 1.23 bits per heavy atom. The van der Waals surface area contributed by atoms with Gasteiger partial charge >= 0.3 is 11.9 Å². The van der Waals surface area contributed by atoms with Crippen molar-refractivity contribution in [2.24, 2.45) is 0 Å². The number of cyclic esters (lactones) is 1. The number of rotatable bonds is 7. The number of nitrogens with zero attached hydrogens (tertiary/aromatic N) is 1. The van der Waals surface area contributed by atoms with E-state index in [0.717, 1.165) is 0 Å². The first-order valence-corrected chi connectivity index (χ1v) is 9.11. The molecule has 13 nitrogen and oxygen atoms in total. The summed E-state index contributed by atoms with van der Waals surface area (Å²) in [5.41, 5.74) is 0.115. The topological polar surface area (TPSA) is 205 Å². The second kappa shape index (κ2) is 9.55. The highest BCUT2D eigenvalue weighted by Gasteiger charge is 2.48. The average molecular weight is 443 g/mol. The van der Waals surface area contributed by atoms with Gasteiger partial charge in [0.15, 0.2) is 11.9 Å². The fourth-order valence-electron chi connectivity index (χ4n) is 2.92. The van der Waals surface area contributed by atoms with Gasteiger partial charge in [0, 0.05) is 12.4 Å². The second-order valence-corrected chi connectivity index (χ2v) is 6.76. The zero-order valence-corrected chi connectivity index (χ0v) is 15.8. The molecular formula is C18H21NO12. The molecule has 0 spiro atoms. The summed E-state index contributed by atoms with van der Waals surface area (Å²) in [7, 11) is 0. The van der Waals surface area contributed by atoms with E-state index in [0.29, 0.717) is 0 Å². The summed E-state index contributed by atoms with van der Waals surface area (Å²) in [4.78, 5) is 27.7. The van der Waals surface area contributed by atoms with Crippen molar-refractivity contribution in [2.75, 3.05) is 13.2 Å². The fraction of sp³-hybridized carbons (Fsp3) is 0.500. The highest BCUT2D eigenvalue weighted by molar-refractivity contribution is 5.90. The molecule has 2 aliphatic rings. The highest BCUT2D eigenvalue weighted by Crippen LogP contribution is 2.29. The van der Waals surface area contributed by atoms with Gasteiger partial charge in [-0.2, -0.15) is 0 Å². The Hall–Kier alpha value is -2.81. The first-order valence-electron chi connectivity index (χ1n) is 9.11. The Balaban J connectivity index is 1.64. The van der Waals surface area contributed by atoms with Crippen LogP contribution in [0, 0.1) is 0 Å². The third-order valence-corrected chi connectivity index (χ3v) is 4.64. The molecule has 1 saturated heterocycles. The second-order valence-electron chi connectivity index (χ2n) is 6.76. The van der Waals surface area contributed by atoms with E-state index in [2.05, 4.69) is 4.98 Å². The maximum Gasteiger partial charge on any atom is 0.378 e. The lowest BCUT2D eigenvalue weighted by molar-refractivity contribution is -0.291. The van der Waals surface area contributed by atoms with Gasteiger partial charge in [0.25, 0.3) is 0 Å². The minimum atomic E-state index is -1.84. The largest absolute Gasteiger partial charge is 0.505 e. The first-order chi connectivity index (χ1) is 14.7. The van der Waals surface area contributed by atoms with Gasteiger partial charge in [-0.3, -0.25) is 4.98 Å². The smallest absolute Gasteiger partial charge is 0.378 e. The summed E-state index contributed by atoms with van der Waals surface area (Å²) < 4.78 is 19.9. The van der Waals surface area contributed by atoms with E-state index in [1.807, 2.05) is 0 Å². The monoisotopic (exact) mass is 443 g/mol. The lowest BCUT2D eigenvalue weighted by Gasteiger charge is -2.39. The zero-order valence-electron chi connectivity index (χ0n) is 15.8. The summed E-state index contributed by atoms with van der Waals surface area (Å²) in [6.07, 6.45) is -8.94. The Labute approximate surface area is 174 Å². The van der Waals surface area contributed by atoms with Crippen LogP contribution in [-0.4, -0.2) is 104 Å². The van der Waals surface area contributed by atoms with Gasteiger partial charge in [0.1, 0.15) is 37.1 Å². The van der Waals surface area contributed by atoms with Gasteiger partial charge in [-0.25, -0.2) is 9.59 Å². The van der Waals surface area contributed by atoms with E-state index >= 15 is 0 Å². The summed E-state index contributed by atoms with van der Waals surface area (Å²) in [6.45, 7) is -1.38. The molecule has 1 aromatic rings. The number of aromatic nitrogens is 1. The first kappa shape index (κ1) is 22.9. The lowest BCUT2D eigenvalue weighted by Crippen LogP contribution is -2.59. The van der Waals surface area contributed by atoms with E-state index in [4.69, 9.17) is 18.9 Å². The van der Waals surface area contributed by atoms with Crippen LogP contribution in [0.2, 0.25) is 0 Å². The van der Waals surface area contributed by atoms with Gasteiger partial charge in [-0.15, -0.1) is 0 Å². The number of esters is 2. The molecule has 1 fully saturated rings. The molecule has 0 bridgehead atoms. The van der Waals surface area contributed by atoms with Crippen LogP contribution in [0.1, 0.15) is 10.4 Å². The molecule has 1 aromatic heterocycles. The molecule has 31 heavy (non-hydrogen) atoms. The molecule has 0 radical (unpaired) electrons. The molecule has 0 amide bonds. The zero-order chi connectivity index (χ0) is 22.7. The van der Waals surface area contributed by atoms with E-state index < -0.39 is 79.6 Å². The van der Waals surface area contributed by atoms with Crippen molar-refractivity contribution in [1.82, 2.24) is 4.98 Å². The van der Waals surface area contributed by atoms with E-state index in [-0.39, 0.29) is 5.56 Å². The number of carbonyl (C=O) groups is 2. The Morgan fingerprint density at radius 2 is 1.97 bits per heavy atom. The summed E-state index contributed by atoms with van der Waals surface area (Å²) in [6, 6.07) is 2.93. The third kappa shape index (κ3) is 4.76.